The van der Waals surface area contributed by atoms with Gasteiger partial charge in [0.25, 0.3) is 0 Å². The predicted octanol–water partition coefficient (Wildman–Crippen LogP) is 3.27. The fourth-order valence-corrected chi connectivity index (χ4v) is 4.08. The van der Waals surface area contributed by atoms with Crippen molar-refractivity contribution in [2.75, 3.05) is 30.3 Å². The largest absolute Gasteiger partial charge is 0.394 e. The van der Waals surface area contributed by atoms with Crippen molar-refractivity contribution < 1.29 is 5.11 Å². The lowest BCUT2D eigenvalue weighted by Gasteiger charge is -2.17. The van der Waals surface area contributed by atoms with Crippen LogP contribution in [0.1, 0.15) is 11.6 Å². The molecule has 0 amide bonds. The number of aliphatic hydroxyl groups is 1. The summed E-state index contributed by atoms with van der Waals surface area (Å²) in [6, 6.07) is 15.6. The third-order valence-electron chi connectivity index (χ3n) is 4.51. The molecular weight excluding hydrogens is 384 g/mol. The molecule has 7 nitrogen and oxygen atoms in total. The van der Waals surface area contributed by atoms with Crippen LogP contribution in [0.2, 0.25) is 0 Å². The Labute approximate surface area is 172 Å². The standard InChI is InChI=1S/C21H22N6OS/c22-8-9-23-19-7-6-15(11-24-19)18-10-16-20(29-18)21(26-13-25-16)27-17(12-28)14-4-2-1-3-5-14/h1-7,10-11,13,17,28H,8-9,12,22H2,(H,23,24)(H,25,26,27)/t17-/m1/s1. The van der Waals surface area contributed by atoms with Crippen LogP contribution in [-0.2, 0) is 0 Å². The fourth-order valence-electron chi connectivity index (χ4n) is 3.03. The number of aromatic nitrogens is 3. The number of pyridine rings is 1. The van der Waals surface area contributed by atoms with E-state index < -0.39 is 0 Å². The van der Waals surface area contributed by atoms with Crippen molar-refractivity contribution in [3.63, 3.8) is 0 Å². The number of hydrogen-bond donors (Lipinski definition) is 4. The van der Waals surface area contributed by atoms with Gasteiger partial charge in [0, 0.05) is 29.7 Å². The molecule has 0 aliphatic carbocycles. The van der Waals surface area contributed by atoms with Gasteiger partial charge >= 0.3 is 0 Å². The molecule has 0 radical (unpaired) electrons. The second kappa shape index (κ2) is 8.95. The number of nitrogens with two attached hydrogens (primary N) is 1. The molecule has 8 heteroatoms. The van der Waals surface area contributed by atoms with Gasteiger partial charge in [-0.05, 0) is 23.8 Å². The lowest BCUT2D eigenvalue weighted by molar-refractivity contribution is 0.276. The summed E-state index contributed by atoms with van der Waals surface area (Å²) in [7, 11) is 0. The summed E-state index contributed by atoms with van der Waals surface area (Å²) >= 11 is 1.60. The van der Waals surface area contributed by atoms with Crippen molar-refractivity contribution in [1.29, 1.82) is 0 Å². The Hall–Kier alpha value is -3.07. The maximum atomic E-state index is 9.86. The van der Waals surface area contributed by atoms with Crippen molar-refractivity contribution in [2.24, 2.45) is 5.73 Å². The van der Waals surface area contributed by atoms with Crippen LogP contribution in [0.4, 0.5) is 11.6 Å². The Morgan fingerprint density at radius 3 is 2.66 bits per heavy atom. The van der Waals surface area contributed by atoms with Gasteiger partial charge in [0.15, 0.2) is 0 Å². The van der Waals surface area contributed by atoms with Crippen molar-refractivity contribution in [3.05, 3.63) is 66.6 Å². The first-order chi connectivity index (χ1) is 14.3. The molecule has 0 aliphatic rings. The van der Waals surface area contributed by atoms with Gasteiger partial charge in [0.1, 0.15) is 18.0 Å². The average molecular weight is 407 g/mol. The molecule has 1 aromatic carbocycles. The van der Waals surface area contributed by atoms with Crippen LogP contribution >= 0.6 is 11.3 Å². The van der Waals surface area contributed by atoms with E-state index in [-0.39, 0.29) is 12.6 Å². The molecule has 0 bridgehead atoms. The van der Waals surface area contributed by atoms with Crippen LogP contribution in [0, 0.1) is 0 Å². The van der Waals surface area contributed by atoms with E-state index >= 15 is 0 Å². The molecule has 4 rings (SSSR count). The van der Waals surface area contributed by atoms with Crippen molar-refractivity contribution >= 4 is 33.2 Å². The minimum Gasteiger partial charge on any atom is -0.394 e. The molecule has 4 aromatic rings. The molecule has 0 saturated heterocycles. The van der Waals surface area contributed by atoms with E-state index in [1.54, 1.807) is 17.7 Å². The van der Waals surface area contributed by atoms with Crippen LogP contribution in [0.15, 0.2) is 61.1 Å². The van der Waals surface area contributed by atoms with E-state index in [4.69, 9.17) is 5.73 Å². The Kier molecular flexibility index (Phi) is 5.95. The molecule has 3 aromatic heterocycles. The topological polar surface area (TPSA) is 109 Å². The second-order valence-corrected chi connectivity index (χ2v) is 7.54. The molecule has 0 aliphatic heterocycles. The minimum atomic E-state index is -0.241. The van der Waals surface area contributed by atoms with Crippen molar-refractivity contribution in [1.82, 2.24) is 15.0 Å². The molecule has 148 valence electrons. The molecule has 29 heavy (non-hydrogen) atoms. The number of nitrogens with one attached hydrogen (secondary N) is 2. The van der Waals surface area contributed by atoms with Crippen LogP contribution < -0.4 is 16.4 Å². The fraction of sp³-hybridized carbons (Fsp3) is 0.190. The quantitative estimate of drug-likeness (QED) is 0.355. The van der Waals surface area contributed by atoms with Gasteiger partial charge in [-0.2, -0.15) is 0 Å². The van der Waals surface area contributed by atoms with Gasteiger partial charge in [-0.15, -0.1) is 11.3 Å². The summed E-state index contributed by atoms with van der Waals surface area (Å²) in [6.07, 6.45) is 3.38. The molecule has 0 saturated carbocycles. The zero-order valence-electron chi connectivity index (χ0n) is 15.7. The molecule has 0 unspecified atom stereocenters. The molecular formula is C21H22N6OS. The van der Waals surface area contributed by atoms with Gasteiger partial charge in [-0.3, -0.25) is 0 Å². The number of rotatable bonds is 8. The van der Waals surface area contributed by atoms with E-state index in [1.807, 2.05) is 54.7 Å². The highest BCUT2D eigenvalue weighted by Crippen LogP contribution is 2.36. The number of thiophene rings is 1. The Morgan fingerprint density at radius 2 is 1.93 bits per heavy atom. The van der Waals surface area contributed by atoms with Gasteiger partial charge in [-0.25, -0.2) is 15.0 Å². The summed E-state index contributed by atoms with van der Waals surface area (Å²) in [5.41, 5.74) is 8.39. The van der Waals surface area contributed by atoms with Crippen LogP contribution in [0.3, 0.4) is 0 Å². The van der Waals surface area contributed by atoms with Gasteiger partial charge in [0.2, 0.25) is 0 Å². The molecule has 3 heterocycles. The first kappa shape index (κ1) is 19.3. The third kappa shape index (κ3) is 4.34. The van der Waals surface area contributed by atoms with Crippen LogP contribution in [0.5, 0.6) is 0 Å². The first-order valence-corrected chi connectivity index (χ1v) is 10.2. The summed E-state index contributed by atoms with van der Waals surface area (Å²) < 4.78 is 0.946. The molecule has 0 fully saturated rings. The van der Waals surface area contributed by atoms with Gasteiger partial charge < -0.3 is 21.5 Å². The highest BCUT2D eigenvalue weighted by atomic mass is 32.1. The van der Waals surface area contributed by atoms with E-state index in [2.05, 4.69) is 25.6 Å². The summed E-state index contributed by atoms with van der Waals surface area (Å²) in [5, 5.41) is 16.4. The zero-order chi connectivity index (χ0) is 20.1. The monoisotopic (exact) mass is 406 g/mol. The number of anilines is 2. The number of benzene rings is 1. The molecule has 1 atom stereocenters. The maximum absolute atomic E-state index is 9.86. The number of aliphatic hydroxyl groups excluding tert-OH is 1. The molecule has 5 N–H and O–H groups in total. The SMILES string of the molecule is NCCNc1ccc(-c2cc3ncnc(N[C@H](CO)c4ccccc4)c3s2)cn1. The van der Waals surface area contributed by atoms with E-state index in [0.717, 1.165) is 32.0 Å². The zero-order valence-corrected chi connectivity index (χ0v) is 16.6. The summed E-state index contributed by atoms with van der Waals surface area (Å²) in [5.74, 6) is 1.51. The summed E-state index contributed by atoms with van der Waals surface area (Å²) in [4.78, 5) is 14.3. The van der Waals surface area contributed by atoms with Crippen LogP contribution in [-0.4, -0.2) is 39.8 Å². The smallest absolute Gasteiger partial charge is 0.148 e. The minimum absolute atomic E-state index is 0.0328. The lowest BCUT2D eigenvalue weighted by Crippen LogP contribution is -2.15. The van der Waals surface area contributed by atoms with Crippen molar-refractivity contribution in [3.8, 4) is 10.4 Å². The predicted molar refractivity (Wildman–Crippen MR) is 118 cm³/mol. The highest BCUT2D eigenvalue weighted by Gasteiger charge is 2.15. The second-order valence-electron chi connectivity index (χ2n) is 6.49. The van der Waals surface area contributed by atoms with E-state index in [9.17, 15) is 5.11 Å². The first-order valence-electron chi connectivity index (χ1n) is 9.35. The number of nitrogens with zero attached hydrogens (tertiary/aromatic N) is 3. The summed E-state index contributed by atoms with van der Waals surface area (Å²) in [6.45, 7) is 1.22. The normalized spacial score (nSPS) is 12.1. The van der Waals surface area contributed by atoms with Crippen LogP contribution in [0.25, 0.3) is 20.7 Å². The Morgan fingerprint density at radius 1 is 1.07 bits per heavy atom. The molecule has 0 spiro atoms. The Balaban J connectivity index is 1.61. The number of hydrogen-bond acceptors (Lipinski definition) is 8. The Bertz CT molecular complexity index is 1070. The lowest BCUT2D eigenvalue weighted by atomic mass is 10.1. The number of fused-ring (bicyclic) bond motifs is 1. The van der Waals surface area contributed by atoms with Gasteiger partial charge in [0.05, 0.1) is 22.9 Å². The third-order valence-corrected chi connectivity index (χ3v) is 5.69. The maximum Gasteiger partial charge on any atom is 0.148 e. The van der Waals surface area contributed by atoms with E-state index in [0.29, 0.717) is 18.9 Å². The average Bonchev–Trinajstić information content (AvgIpc) is 3.22. The highest BCUT2D eigenvalue weighted by molar-refractivity contribution is 7.22. The van der Waals surface area contributed by atoms with Crippen molar-refractivity contribution in [2.45, 2.75) is 6.04 Å². The van der Waals surface area contributed by atoms with Gasteiger partial charge in [-0.1, -0.05) is 30.3 Å². The van der Waals surface area contributed by atoms with E-state index in [1.165, 1.54) is 0 Å².